The van der Waals surface area contributed by atoms with E-state index in [2.05, 4.69) is 10.3 Å². The molecule has 0 spiro atoms. The summed E-state index contributed by atoms with van der Waals surface area (Å²) in [6.07, 6.45) is 1.90. The molecule has 3 N–H and O–H groups in total. The van der Waals surface area contributed by atoms with Crippen molar-refractivity contribution in [3.8, 4) is 5.75 Å². The average Bonchev–Trinajstić information content (AvgIpc) is 3.45. The zero-order chi connectivity index (χ0) is 30.7. The highest BCUT2D eigenvalue weighted by atomic mass is 35.5. The van der Waals surface area contributed by atoms with E-state index in [0.717, 1.165) is 10.8 Å². The molecule has 10 nitrogen and oxygen atoms in total. The summed E-state index contributed by atoms with van der Waals surface area (Å²) in [5.74, 6) is -0.862. The number of nitrogens with two attached hydrogens (primary N) is 1. The van der Waals surface area contributed by atoms with Gasteiger partial charge in [0.1, 0.15) is 17.6 Å². The number of hydrogen-bond acceptors (Lipinski definition) is 9. The maximum absolute atomic E-state index is 14.6. The van der Waals surface area contributed by atoms with Crippen LogP contribution in [-0.4, -0.2) is 50.8 Å². The van der Waals surface area contributed by atoms with Gasteiger partial charge in [0.05, 0.1) is 30.7 Å². The molecular formula is C31H30ClN4O6S-. The number of fused-ring (bicyclic) bond motifs is 1. The van der Waals surface area contributed by atoms with Crippen LogP contribution in [0.2, 0.25) is 5.02 Å². The summed E-state index contributed by atoms with van der Waals surface area (Å²) < 4.78 is 35.2. The summed E-state index contributed by atoms with van der Waals surface area (Å²) in [4.78, 5) is 33.2. The van der Waals surface area contributed by atoms with Gasteiger partial charge in [0.25, 0.3) is 0 Å². The third-order valence-electron chi connectivity index (χ3n) is 7.54. The predicted molar refractivity (Wildman–Crippen MR) is 163 cm³/mol. The van der Waals surface area contributed by atoms with Crippen LogP contribution in [0, 0.1) is 5.92 Å². The number of esters is 1. The van der Waals surface area contributed by atoms with Gasteiger partial charge < -0.3 is 30.0 Å². The zero-order valence-corrected chi connectivity index (χ0v) is 25.1. The largest absolute Gasteiger partial charge is 0.768 e. The van der Waals surface area contributed by atoms with Gasteiger partial charge in [0, 0.05) is 28.7 Å². The predicted octanol–water partition coefficient (Wildman–Crippen LogP) is 5.02. The number of aromatic nitrogens is 1. The van der Waals surface area contributed by atoms with E-state index in [4.69, 9.17) is 26.8 Å². The minimum absolute atomic E-state index is 0.0106. The van der Waals surface area contributed by atoms with Crippen molar-refractivity contribution in [3.63, 3.8) is 0 Å². The van der Waals surface area contributed by atoms with E-state index in [1.807, 2.05) is 25.1 Å². The van der Waals surface area contributed by atoms with Crippen LogP contribution in [0.3, 0.4) is 0 Å². The maximum atomic E-state index is 14.6. The first-order chi connectivity index (χ1) is 20.7. The number of amides is 1. The Hall–Kier alpha value is -4.19. The van der Waals surface area contributed by atoms with Crippen molar-refractivity contribution in [3.05, 3.63) is 89.1 Å². The summed E-state index contributed by atoms with van der Waals surface area (Å²) in [6, 6.07) is 16.9. The highest BCUT2D eigenvalue weighted by Crippen LogP contribution is 2.42. The Morgan fingerprint density at radius 3 is 2.72 bits per heavy atom. The number of ether oxygens (including phenoxy) is 2. The standard InChI is InChI=1S/C31H31ClN4O6S/c1-3-42-25-17-19(8-11-24(25)32)27(35-20-9-10-21-18(16-20)12-14-34-29(21)33)30(37)36-15-13-23(31(38)41-2)28(36)22-6-4-5-7-26(22)43(39)40/h4-12,14,16-17,23,27-28,35H,3,13,15H2,1-2H3,(H2,33,34)(H,39,40)/p-1/t23-,27?,28-/m0/s1. The summed E-state index contributed by atoms with van der Waals surface area (Å²) >= 11 is 3.78. The van der Waals surface area contributed by atoms with E-state index in [9.17, 15) is 18.4 Å². The minimum Gasteiger partial charge on any atom is -0.768 e. The molecule has 2 unspecified atom stereocenters. The van der Waals surface area contributed by atoms with Gasteiger partial charge >= 0.3 is 5.97 Å². The Morgan fingerprint density at radius 1 is 1.19 bits per heavy atom. The van der Waals surface area contributed by atoms with Crippen LogP contribution in [0.1, 0.15) is 36.6 Å². The van der Waals surface area contributed by atoms with E-state index in [-0.39, 0.29) is 17.3 Å². The first-order valence-electron chi connectivity index (χ1n) is 13.6. The SMILES string of the molecule is CCOc1cc(C(Nc2ccc3c(N)nccc3c2)C(=O)N2CC[C@H](C(=O)OC)[C@@H]2c2ccccc2S(=O)[O-])ccc1Cl. The molecule has 1 aromatic heterocycles. The number of pyridine rings is 1. The number of nitrogen functional groups attached to an aromatic ring is 1. The summed E-state index contributed by atoms with van der Waals surface area (Å²) in [7, 11) is 1.27. The molecule has 1 fully saturated rings. The number of halogens is 1. The number of anilines is 2. The van der Waals surface area contributed by atoms with Crippen molar-refractivity contribution in [2.45, 2.75) is 30.3 Å². The van der Waals surface area contributed by atoms with Crippen LogP contribution in [0.5, 0.6) is 5.75 Å². The normalized spacial score (nSPS) is 17.8. The van der Waals surface area contributed by atoms with E-state index in [1.165, 1.54) is 13.2 Å². The van der Waals surface area contributed by atoms with Crippen LogP contribution >= 0.6 is 11.6 Å². The molecule has 5 rings (SSSR count). The first kappa shape index (κ1) is 30.3. The van der Waals surface area contributed by atoms with Gasteiger partial charge in [0.15, 0.2) is 0 Å². The molecule has 1 amide bonds. The number of hydrogen-bond donors (Lipinski definition) is 2. The van der Waals surface area contributed by atoms with Crippen molar-refractivity contribution in [2.75, 3.05) is 31.3 Å². The topological polar surface area (TPSA) is 147 Å². The number of likely N-dealkylation sites (tertiary alicyclic amines) is 1. The van der Waals surface area contributed by atoms with Crippen molar-refractivity contribution in [1.82, 2.24) is 9.88 Å². The van der Waals surface area contributed by atoms with Crippen molar-refractivity contribution < 1.29 is 27.8 Å². The molecule has 12 heteroatoms. The number of methoxy groups -OCH3 is 1. The number of carbonyl (C=O) groups is 2. The van der Waals surface area contributed by atoms with Crippen molar-refractivity contribution in [2.24, 2.45) is 5.92 Å². The van der Waals surface area contributed by atoms with E-state index in [0.29, 0.717) is 46.4 Å². The summed E-state index contributed by atoms with van der Waals surface area (Å²) in [6.45, 7) is 2.40. The fourth-order valence-electron chi connectivity index (χ4n) is 5.58. The Labute approximate surface area is 256 Å². The molecule has 3 aromatic carbocycles. The molecule has 0 radical (unpaired) electrons. The third kappa shape index (κ3) is 6.15. The lowest BCUT2D eigenvalue weighted by Gasteiger charge is -2.33. The molecule has 0 saturated carbocycles. The number of benzene rings is 3. The average molecular weight is 622 g/mol. The lowest BCUT2D eigenvalue weighted by atomic mass is 9.93. The van der Waals surface area contributed by atoms with E-state index < -0.39 is 35.1 Å². The van der Waals surface area contributed by atoms with Crippen LogP contribution in [-0.2, 0) is 25.4 Å². The molecule has 1 aliphatic heterocycles. The second-order valence-electron chi connectivity index (χ2n) is 10.00. The van der Waals surface area contributed by atoms with Gasteiger partial charge in [-0.25, -0.2) is 4.98 Å². The molecule has 4 aromatic rings. The van der Waals surface area contributed by atoms with Crippen molar-refractivity contribution >= 4 is 56.8 Å². The molecule has 1 saturated heterocycles. The molecule has 0 aliphatic carbocycles. The van der Waals surface area contributed by atoms with Gasteiger partial charge in [-0.3, -0.25) is 13.8 Å². The Morgan fingerprint density at radius 2 is 1.98 bits per heavy atom. The fourth-order valence-corrected chi connectivity index (χ4v) is 6.32. The van der Waals surface area contributed by atoms with Crippen LogP contribution in [0.4, 0.5) is 11.5 Å². The van der Waals surface area contributed by atoms with Gasteiger partial charge in [-0.15, -0.1) is 0 Å². The van der Waals surface area contributed by atoms with Crippen LogP contribution in [0.15, 0.2) is 77.8 Å². The Bertz CT molecular complexity index is 1700. The summed E-state index contributed by atoms with van der Waals surface area (Å²) in [5, 5.41) is 5.33. The maximum Gasteiger partial charge on any atom is 0.311 e. The van der Waals surface area contributed by atoms with Gasteiger partial charge in [-0.05, 0) is 83.4 Å². The lowest BCUT2D eigenvalue weighted by Crippen LogP contribution is -2.39. The van der Waals surface area contributed by atoms with Gasteiger partial charge in [-0.1, -0.05) is 35.9 Å². The van der Waals surface area contributed by atoms with E-state index in [1.54, 1.807) is 53.6 Å². The number of rotatable bonds is 9. The van der Waals surface area contributed by atoms with Crippen LogP contribution < -0.4 is 15.8 Å². The smallest absolute Gasteiger partial charge is 0.311 e. The third-order valence-corrected chi connectivity index (χ3v) is 8.59. The highest BCUT2D eigenvalue weighted by Gasteiger charge is 2.45. The Kier molecular flexibility index (Phi) is 9.14. The number of nitrogens with zero attached hydrogens (tertiary/aromatic N) is 2. The second kappa shape index (κ2) is 13.0. The molecule has 0 bridgehead atoms. The van der Waals surface area contributed by atoms with Gasteiger partial charge in [0.2, 0.25) is 5.91 Å². The molecule has 1 aliphatic rings. The van der Waals surface area contributed by atoms with E-state index >= 15 is 0 Å². The zero-order valence-electron chi connectivity index (χ0n) is 23.5. The molecule has 43 heavy (non-hydrogen) atoms. The van der Waals surface area contributed by atoms with Crippen LogP contribution in [0.25, 0.3) is 10.8 Å². The highest BCUT2D eigenvalue weighted by molar-refractivity contribution is 7.79. The van der Waals surface area contributed by atoms with Gasteiger partial charge in [-0.2, -0.15) is 0 Å². The summed E-state index contributed by atoms with van der Waals surface area (Å²) in [5.41, 5.74) is 7.58. The number of carbonyl (C=O) groups excluding carboxylic acids is 2. The minimum atomic E-state index is -2.60. The number of nitrogens with one attached hydrogen (secondary N) is 1. The molecular weight excluding hydrogens is 592 g/mol. The quantitative estimate of drug-likeness (QED) is 0.194. The Balaban J connectivity index is 1.61. The van der Waals surface area contributed by atoms with Crippen molar-refractivity contribution in [1.29, 1.82) is 0 Å². The lowest BCUT2D eigenvalue weighted by molar-refractivity contribution is -0.147. The first-order valence-corrected chi connectivity index (χ1v) is 15.1. The fraction of sp³-hybridized carbons (Fsp3) is 0.258. The monoisotopic (exact) mass is 621 g/mol. The molecule has 224 valence electrons. The second-order valence-corrected chi connectivity index (χ2v) is 11.3. The molecule has 4 atom stereocenters. The molecule has 2 heterocycles.